The summed E-state index contributed by atoms with van der Waals surface area (Å²) in [5, 5.41) is 5.61. The van der Waals surface area contributed by atoms with Gasteiger partial charge in [-0.15, -0.1) is 0 Å². The molecule has 2 N–H and O–H groups in total. The van der Waals surface area contributed by atoms with Crippen molar-refractivity contribution in [2.75, 3.05) is 6.54 Å². The Balaban J connectivity index is 1.54. The lowest BCUT2D eigenvalue weighted by molar-refractivity contribution is -0.123. The Bertz CT molecular complexity index is 649. The Morgan fingerprint density at radius 3 is 2.86 bits per heavy atom. The van der Waals surface area contributed by atoms with E-state index in [1.54, 1.807) is 10.6 Å². The van der Waals surface area contributed by atoms with Crippen molar-refractivity contribution in [2.45, 2.75) is 19.0 Å². The summed E-state index contributed by atoms with van der Waals surface area (Å²) in [5.41, 5.74) is 1.78. The van der Waals surface area contributed by atoms with Crippen molar-refractivity contribution in [2.24, 2.45) is 0 Å². The van der Waals surface area contributed by atoms with Crippen LogP contribution in [0.3, 0.4) is 0 Å². The molecule has 108 valence electrons. The number of hydrogen-bond donors (Lipinski definition) is 2. The molecule has 1 aliphatic rings. The average Bonchev–Trinajstić information content (AvgIpc) is 2.97. The van der Waals surface area contributed by atoms with Crippen LogP contribution in [-0.2, 0) is 17.8 Å². The van der Waals surface area contributed by atoms with Crippen LogP contribution in [0.5, 0.6) is 0 Å². The van der Waals surface area contributed by atoms with Crippen LogP contribution in [0.1, 0.15) is 16.1 Å². The predicted molar refractivity (Wildman–Crippen MR) is 78.8 cm³/mol. The molecule has 1 aromatic heterocycles. The summed E-state index contributed by atoms with van der Waals surface area (Å²) < 4.78 is 1.81. The minimum Gasteiger partial charge on any atom is -0.354 e. The van der Waals surface area contributed by atoms with E-state index in [0.717, 1.165) is 6.42 Å². The van der Waals surface area contributed by atoms with Gasteiger partial charge in [0.15, 0.2) is 0 Å². The first-order chi connectivity index (χ1) is 10.2. The van der Waals surface area contributed by atoms with E-state index in [0.29, 0.717) is 18.8 Å². The summed E-state index contributed by atoms with van der Waals surface area (Å²) in [6.07, 6.45) is 2.60. The van der Waals surface area contributed by atoms with Gasteiger partial charge in [-0.2, -0.15) is 0 Å². The van der Waals surface area contributed by atoms with E-state index >= 15 is 0 Å². The minimum atomic E-state index is -0.506. The number of amides is 2. The molecule has 2 amide bonds. The van der Waals surface area contributed by atoms with Crippen LogP contribution in [0.15, 0.2) is 48.7 Å². The van der Waals surface area contributed by atoms with Crippen LogP contribution in [0.2, 0.25) is 0 Å². The summed E-state index contributed by atoms with van der Waals surface area (Å²) in [5.74, 6) is -0.340. The van der Waals surface area contributed by atoms with Gasteiger partial charge in [0.1, 0.15) is 11.7 Å². The van der Waals surface area contributed by atoms with E-state index in [2.05, 4.69) is 10.6 Å². The number of carbonyl (C=O) groups excluding carboxylic acids is 2. The topological polar surface area (TPSA) is 63.1 Å². The molecule has 1 unspecified atom stereocenters. The molecule has 0 saturated carbocycles. The second-order valence-corrected chi connectivity index (χ2v) is 5.10. The van der Waals surface area contributed by atoms with E-state index in [4.69, 9.17) is 0 Å². The highest BCUT2D eigenvalue weighted by molar-refractivity contribution is 5.97. The second-order valence-electron chi connectivity index (χ2n) is 5.10. The third-order valence-electron chi connectivity index (χ3n) is 3.62. The Morgan fingerprint density at radius 1 is 1.24 bits per heavy atom. The fourth-order valence-electron chi connectivity index (χ4n) is 2.50. The van der Waals surface area contributed by atoms with E-state index < -0.39 is 6.04 Å². The average molecular weight is 283 g/mol. The second kappa shape index (κ2) is 5.83. The van der Waals surface area contributed by atoms with Gasteiger partial charge in [0.2, 0.25) is 5.91 Å². The maximum atomic E-state index is 12.1. The molecular formula is C16H17N3O2. The van der Waals surface area contributed by atoms with Gasteiger partial charge >= 0.3 is 0 Å². The molecule has 5 heteroatoms. The normalized spacial score (nSPS) is 17.0. The highest BCUT2D eigenvalue weighted by Gasteiger charge is 2.28. The molecule has 21 heavy (non-hydrogen) atoms. The number of aromatic nitrogens is 1. The van der Waals surface area contributed by atoms with Crippen molar-refractivity contribution in [1.82, 2.24) is 15.2 Å². The van der Waals surface area contributed by atoms with Crippen molar-refractivity contribution in [1.29, 1.82) is 0 Å². The van der Waals surface area contributed by atoms with E-state index in [-0.39, 0.29) is 11.8 Å². The predicted octanol–water partition coefficient (Wildman–Crippen LogP) is 0.959. The molecule has 0 radical (unpaired) electrons. The summed E-state index contributed by atoms with van der Waals surface area (Å²) in [6, 6.07) is 13.0. The van der Waals surface area contributed by atoms with Gasteiger partial charge < -0.3 is 15.2 Å². The molecule has 0 bridgehead atoms. The maximum Gasteiger partial charge on any atom is 0.268 e. The Labute approximate surface area is 123 Å². The first kappa shape index (κ1) is 13.4. The van der Waals surface area contributed by atoms with Crippen LogP contribution in [0.4, 0.5) is 0 Å². The van der Waals surface area contributed by atoms with Crippen LogP contribution >= 0.6 is 0 Å². The largest absolute Gasteiger partial charge is 0.354 e. The third kappa shape index (κ3) is 2.97. The monoisotopic (exact) mass is 283 g/mol. The first-order valence-corrected chi connectivity index (χ1v) is 7.02. The smallest absolute Gasteiger partial charge is 0.268 e. The Morgan fingerprint density at radius 2 is 2.05 bits per heavy atom. The number of nitrogens with one attached hydrogen (secondary N) is 2. The molecule has 0 spiro atoms. The molecule has 0 aliphatic carbocycles. The zero-order chi connectivity index (χ0) is 14.7. The minimum absolute atomic E-state index is 0.140. The Kier molecular flexibility index (Phi) is 3.73. The third-order valence-corrected chi connectivity index (χ3v) is 3.62. The lowest BCUT2D eigenvalue weighted by atomic mass is 10.1. The number of rotatable bonds is 4. The molecule has 2 heterocycles. The van der Waals surface area contributed by atoms with Crippen LogP contribution < -0.4 is 10.6 Å². The number of hydrogen-bond acceptors (Lipinski definition) is 2. The van der Waals surface area contributed by atoms with E-state index in [9.17, 15) is 9.59 Å². The van der Waals surface area contributed by atoms with Gasteiger partial charge in [0, 0.05) is 12.7 Å². The zero-order valence-electron chi connectivity index (χ0n) is 11.6. The Hall–Kier alpha value is -2.56. The molecular weight excluding hydrogens is 266 g/mol. The van der Waals surface area contributed by atoms with Crippen molar-refractivity contribution in [3.63, 3.8) is 0 Å². The molecule has 0 saturated heterocycles. The molecule has 3 rings (SSSR count). The molecule has 0 fully saturated rings. The SMILES string of the molecule is O=C1NC(C(=O)NCCc2ccccc2)Cn2cccc21. The van der Waals surface area contributed by atoms with Gasteiger partial charge in [-0.3, -0.25) is 9.59 Å². The quantitative estimate of drug-likeness (QED) is 0.878. The number of carbonyl (C=O) groups is 2. The number of benzene rings is 1. The number of fused-ring (bicyclic) bond motifs is 1. The van der Waals surface area contributed by atoms with Crippen molar-refractivity contribution in [3.05, 3.63) is 59.9 Å². The van der Waals surface area contributed by atoms with Gasteiger partial charge in [0.25, 0.3) is 5.91 Å². The zero-order valence-corrected chi connectivity index (χ0v) is 11.6. The van der Waals surface area contributed by atoms with E-state index in [1.165, 1.54) is 5.56 Å². The lowest BCUT2D eigenvalue weighted by Gasteiger charge is -2.24. The number of nitrogens with zero attached hydrogens (tertiary/aromatic N) is 1. The van der Waals surface area contributed by atoms with Gasteiger partial charge in [0.05, 0.1) is 6.54 Å². The standard InChI is InChI=1S/C16H17N3O2/c20-15(17-9-8-12-5-2-1-3-6-12)13-11-19-10-4-7-14(19)16(21)18-13/h1-7,10,13H,8-9,11H2,(H,17,20)(H,18,21). The van der Waals surface area contributed by atoms with Gasteiger partial charge in [-0.1, -0.05) is 30.3 Å². The lowest BCUT2D eigenvalue weighted by Crippen LogP contribution is -2.52. The van der Waals surface area contributed by atoms with Crippen molar-refractivity contribution in [3.8, 4) is 0 Å². The van der Waals surface area contributed by atoms with Gasteiger partial charge in [-0.25, -0.2) is 0 Å². The summed E-state index contributed by atoms with van der Waals surface area (Å²) in [6.45, 7) is 1.04. The summed E-state index contributed by atoms with van der Waals surface area (Å²) in [7, 11) is 0. The molecule has 1 aromatic carbocycles. The van der Waals surface area contributed by atoms with Gasteiger partial charge in [-0.05, 0) is 24.1 Å². The molecule has 1 aliphatic heterocycles. The van der Waals surface area contributed by atoms with Crippen LogP contribution in [0.25, 0.3) is 0 Å². The molecule has 1 atom stereocenters. The molecule has 2 aromatic rings. The highest BCUT2D eigenvalue weighted by atomic mass is 16.2. The maximum absolute atomic E-state index is 12.1. The van der Waals surface area contributed by atoms with Crippen molar-refractivity contribution >= 4 is 11.8 Å². The van der Waals surface area contributed by atoms with Crippen LogP contribution in [-0.4, -0.2) is 29.0 Å². The highest BCUT2D eigenvalue weighted by Crippen LogP contribution is 2.09. The fraction of sp³-hybridized carbons (Fsp3) is 0.250. The van der Waals surface area contributed by atoms with E-state index in [1.807, 2.05) is 42.6 Å². The summed E-state index contributed by atoms with van der Waals surface area (Å²) >= 11 is 0. The summed E-state index contributed by atoms with van der Waals surface area (Å²) in [4.78, 5) is 24.0. The first-order valence-electron chi connectivity index (χ1n) is 7.02. The van der Waals surface area contributed by atoms with Crippen molar-refractivity contribution < 1.29 is 9.59 Å². The fourth-order valence-corrected chi connectivity index (χ4v) is 2.50. The molecule has 5 nitrogen and oxygen atoms in total. The van der Waals surface area contributed by atoms with Crippen LogP contribution in [0, 0.1) is 0 Å².